The fourth-order valence-corrected chi connectivity index (χ4v) is 5.46. The quantitative estimate of drug-likeness (QED) is 0.259. The summed E-state index contributed by atoms with van der Waals surface area (Å²) in [6.07, 6.45) is 4.99. The van der Waals surface area contributed by atoms with E-state index in [1.54, 1.807) is 21.3 Å². The molecule has 2 aliphatic rings. The second-order valence-corrected chi connectivity index (χ2v) is 8.75. The monoisotopic (exact) mass is 516 g/mol. The third kappa shape index (κ3) is 5.47. The van der Waals surface area contributed by atoms with Gasteiger partial charge in [0.25, 0.3) is 0 Å². The third-order valence-electron chi connectivity index (χ3n) is 7.05. The molecular weight excluding hydrogens is 472 g/mol. The summed E-state index contributed by atoms with van der Waals surface area (Å²) in [5.74, 6) is 3.20. The highest BCUT2D eigenvalue weighted by atomic mass is 16.5. The lowest BCUT2D eigenvalue weighted by atomic mass is 9.87. The Balaban J connectivity index is 0.00000165. The number of rotatable bonds is 8. The number of benzene rings is 2. The van der Waals surface area contributed by atoms with Gasteiger partial charge in [0.15, 0.2) is 17.3 Å². The Hall–Kier alpha value is -3.62. The van der Waals surface area contributed by atoms with Crippen LogP contribution in [-0.4, -0.2) is 27.9 Å². The summed E-state index contributed by atoms with van der Waals surface area (Å²) in [5, 5.41) is 0. The lowest BCUT2D eigenvalue weighted by molar-refractivity contribution is 0.241. The van der Waals surface area contributed by atoms with E-state index in [0.717, 1.165) is 58.8 Å². The smallest absolute Gasteiger partial charge is 0.169 e. The molecule has 4 rings (SSSR count). The van der Waals surface area contributed by atoms with Crippen molar-refractivity contribution in [1.82, 2.24) is 0 Å². The third-order valence-corrected chi connectivity index (χ3v) is 7.05. The average Bonchev–Trinajstić information content (AvgIpc) is 3.10. The van der Waals surface area contributed by atoms with Crippen molar-refractivity contribution in [3.05, 3.63) is 88.4 Å². The van der Waals surface area contributed by atoms with E-state index < -0.39 is 0 Å². The molecule has 1 atom stereocenters. The van der Waals surface area contributed by atoms with Crippen molar-refractivity contribution in [2.75, 3.05) is 27.9 Å². The molecule has 1 unspecified atom stereocenters. The predicted octanol–water partition coefficient (Wildman–Crippen LogP) is 8.92. The Kier molecular flexibility index (Phi) is 11.1. The fourth-order valence-electron chi connectivity index (χ4n) is 5.46. The number of ether oxygens (including phenoxy) is 4. The summed E-state index contributed by atoms with van der Waals surface area (Å²) in [5.41, 5.74) is 12.4. The molecule has 2 aromatic carbocycles. The lowest BCUT2D eigenvalue weighted by Gasteiger charge is -2.20. The maximum Gasteiger partial charge on any atom is 0.169 e. The SMILES string of the molecule is C.C=C=C(OCC)C1=C2c3cc(OC)c(OC)cc3CCCC2C(C)=C1c1ccc(OC)cc1C=C.CC. The molecule has 0 N–H and O–H groups in total. The first-order valence-electron chi connectivity index (χ1n) is 13.1. The zero-order valence-corrected chi connectivity index (χ0v) is 23.4. The van der Waals surface area contributed by atoms with Crippen molar-refractivity contribution in [2.24, 2.45) is 5.92 Å². The molecule has 0 saturated carbocycles. The molecule has 0 bridgehead atoms. The summed E-state index contributed by atoms with van der Waals surface area (Å²) < 4.78 is 23.0. The van der Waals surface area contributed by atoms with E-state index in [9.17, 15) is 0 Å². The predicted molar refractivity (Wildman–Crippen MR) is 161 cm³/mol. The molecular formula is C34H44O4. The van der Waals surface area contributed by atoms with Crippen LogP contribution in [0.1, 0.15) is 70.2 Å². The van der Waals surface area contributed by atoms with Gasteiger partial charge >= 0.3 is 0 Å². The van der Waals surface area contributed by atoms with Crippen LogP contribution in [0.4, 0.5) is 0 Å². The Labute approximate surface area is 230 Å². The molecule has 2 aliphatic carbocycles. The van der Waals surface area contributed by atoms with Gasteiger partial charge in [-0.05, 0) is 90.8 Å². The van der Waals surface area contributed by atoms with Gasteiger partial charge in [-0.25, -0.2) is 0 Å². The Morgan fingerprint density at radius 2 is 1.71 bits per heavy atom. The minimum absolute atomic E-state index is 0. The highest BCUT2D eigenvalue weighted by Crippen LogP contribution is 2.54. The fraction of sp³-hybridized carbons (Fsp3) is 0.382. The minimum atomic E-state index is 0. The van der Waals surface area contributed by atoms with Crippen LogP contribution in [0.15, 0.2) is 66.1 Å². The number of allylic oxidation sites excluding steroid dienone is 3. The van der Waals surface area contributed by atoms with Gasteiger partial charge in [0.05, 0.1) is 27.9 Å². The Morgan fingerprint density at radius 1 is 1.03 bits per heavy atom. The summed E-state index contributed by atoms with van der Waals surface area (Å²) in [4.78, 5) is 0. The van der Waals surface area contributed by atoms with E-state index in [2.05, 4.69) is 44.0 Å². The number of hydrogen-bond donors (Lipinski definition) is 0. The second-order valence-electron chi connectivity index (χ2n) is 8.75. The standard InChI is InChI=1S/C31H34O4.C2H6.CH4/c1-8-20-16-22(32-5)14-15-24(20)29-19(4)23-13-11-12-21-17-27(33-6)28(34-7)18-25(21)30(23)31(29)26(9-2)35-10-3;1-2;/h8,14-18,23H,1-2,10-13H2,3-7H3;1-2H3;1H4. The van der Waals surface area contributed by atoms with Gasteiger partial charge in [-0.3, -0.25) is 0 Å². The molecule has 38 heavy (non-hydrogen) atoms. The van der Waals surface area contributed by atoms with E-state index in [1.165, 1.54) is 22.3 Å². The second kappa shape index (κ2) is 13.8. The van der Waals surface area contributed by atoms with Gasteiger partial charge in [-0.1, -0.05) is 57.9 Å². The molecule has 0 amide bonds. The maximum absolute atomic E-state index is 6.14. The van der Waals surface area contributed by atoms with Crippen molar-refractivity contribution in [2.45, 2.75) is 54.4 Å². The zero-order valence-electron chi connectivity index (χ0n) is 23.4. The largest absolute Gasteiger partial charge is 0.497 e. The first kappa shape index (κ1) is 30.6. The topological polar surface area (TPSA) is 36.9 Å². The van der Waals surface area contributed by atoms with Crippen molar-refractivity contribution < 1.29 is 18.9 Å². The molecule has 4 nitrogen and oxygen atoms in total. The van der Waals surface area contributed by atoms with Crippen LogP contribution in [0.2, 0.25) is 0 Å². The number of methoxy groups -OCH3 is 3. The van der Waals surface area contributed by atoms with E-state index in [1.807, 2.05) is 39.0 Å². The van der Waals surface area contributed by atoms with Crippen molar-refractivity contribution in [1.29, 1.82) is 0 Å². The highest BCUT2D eigenvalue weighted by Gasteiger charge is 2.38. The van der Waals surface area contributed by atoms with E-state index in [4.69, 9.17) is 18.9 Å². The van der Waals surface area contributed by atoms with Gasteiger partial charge in [-0.2, -0.15) is 0 Å². The summed E-state index contributed by atoms with van der Waals surface area (Å²) in [6, 6.07) is 10.4. The van der Waals surface area contributed by atoms with Crippen LogP contribution >= 0.6 is 0 Å². The minimum Gasteiger partial charge on any atom is -0.497 e. The zero-order chi connectivity index (χ0) is 27.1. The number of hydrogen-bond acceptors (Lipinski definition) is 4. The molecule has 0 aromatic heterocycles. The molecule has 0 fully saturated rings. The van der Waals surface area contributed by atoms with Crippen LogP contribution in [0.5, 0.6) is 17.2 Å². The Morgan fingerprint density at radius 3 is 2.29 bits per heavy atom. The van der Waals surface area contributed by atoms with E-state index in [0.29, 0.717) is 12.4 Å². The van der Waals surface area contributed by atoms with Crippen LogP contribution in [0, 0.1) is 5.92 Å². The van der Waals surface area contributed by atoms with Crippen LogP contribution in [-0.2, 0) is 11.2 Å². The van der Waals surface area contributed by atoms with Gasteiger partial charge in [0.1, 0.15) is 5.75 Å². The van der Waals surface area contributed by atoms with Gasteiger partial charge in [0, 0.05) is 11.5 Å². The van der Waals surface area contributed by atoms with Crippen LogP contribution in [0.25, 0.3) is 17.2 Å². The van der Waals surface area contributed by atoms with Crippen LogP contribution < -0.4 is 14.2 Å². The maximum atomic E-state index is 6.14. The lowest BCUT2D eigenvalue weighted by Crippen LogP contribution is -2.04. The Bertz CT molecular complexity index is 1270. The van der Waals surface area contributed by atoms with Gasteiger partial charge in [-0.15, -0.1) is 0 Å². The molecule has 204 valence electrons. The molecule has 4 heteroatoms. The van der Waals surface area contributed by atoms with Crippen molar-refractivity contribution >= 4 is 17.2 Å². The molecule has 0 radical (unpaired) electrons. The molecule has 0 saturated heterocycles. The molecule has 0 heterocycles. The van der Waals surface area contributed by atoms with Crippen molar-refractivity contribution in [3.8, 4) is 17.2 Å². The number of fused-ring (bicyclic) bond motifs is 3. The van der Waals surface area contributed by atoms with E-state index >= 15 is 0 Å². The average molecular weight is 517 g/mol. The summed E-state index contributed by atoms with van der Waals surface area (Å²) in [6.45, 7) is 16.8. The van der Waals surface area contributed by atoms with Crippen LogP contribution in [0.3, 0.4) is 0 Å². The first-order chi connectivity index (χ1) is 18.0. The molecule has 2 aromatic rings. The molecule has 0 spiro atoms. The normalized spacial score (nSPS) is 15.5. The highest BCUT2D eigenvalue weighted by molar-refractivity contribution is 6.03. The number of aryl methyl sites for hydroxylation is 1. The van der Waals surface area contributed by atoms with E-state index in [-0.39, 0.29) is 13.3 Å². The summed E-state index contributed by atoms with van der Waals surface area (Å²) in [7, 11) is 5.04. The molecule has 0 aliphatic heterocycles. The summed E-state index contributed by atoms with van der Waals surface area (Å²) >= 11 is 0. The van der Waals surface area contributed by atoms with Crippen molar-refractivity contribution in [3.63, 3.8) is 0 Å². The van der Waals surface area contributed by atoms with Gasteiger partial charge in [0.2, 0.25) is 0 Å². The van der Waals surface area contributed by atoms with Gasteiger partial charge < -0.3 is 18.9 Å². The first-order valence-corrected chi connectivity index (χ1v) is 13.1.